The normalized spacial score (nSPS) is 11.6. The summed E-state index contributed by atoms with van der Waals surface area (Å²) < 4.78 is 16.8. The molecule has 0 aliphatic heterocycles. The van der Waals surface area contributed by atoms with Gasteiger partial charge < -0.3 is 9.84 Å². The average Bonchev–Trinajstić information content (AvgIpc) is 2.36. The molecule has 1 atom stereocenters. The van der Waals surface area contributed by atoms with Crippen LogP contribution in [0.5, 0.6) is 5.75 Å². The van der Waals surface area contributed by atoms with E-state index in [1.54, 1.807) is 18.2 Å². The third kappa shape index (κ3) is 4.18. The molecule has 0 radical (unpaired) electrons. The lowest BCUT2D eigenvalue weighted by atomic mass is 10.1. The van der Waals surface area contributed by atoms with Gasteiger partial charge in [-0.3, -0.25) is 9.00 Å². The lowest BCUT2D eigenvalue weighted by Gasteiger charge is -2.08. The molecule has 1 rings (SSSR count). The van der Waals surface area contributed by atoms with Gasteiger partial charge in [-0.2, -0.15) is 5.26 Å². The first kappa shape index (κ1) is 14.2. The second-order valence-corrected chi connectivity index (χ2v) is 5.15. The summed E-state index contributed by atoms with van der Waals surface area (Å²) in [5.74, 6) is -0.139. The molecule has 0 aliphatic rings. The largest absolute Gasteiger partial charge is 0.496 e. The second kappa shape index (κ2) is 6.77. The standard InChI is InChI=1S/C12H13NO4S/c1-17-11-3-2-9(7-13)6-10(11)8-18(16)5-4-12(14)15/h2-3,6H,4-5,8H2,1H3,(H,14,15). The maximum Gasteiger partial charge on any atom is 0.304 e. The number of carboxylic acid groups (broad SMARTS) is 1. The molecule has 6 heteroatoms. The van der Waals surface area contributed by atoms with Crippen molar-refractivity contribution in [3.63, 3.8) is 0 Å². The Kier molecular flexibility index (Phi) is 5.33. The summed E-state index contributed by atoms with van der Waals surface area (Å²) in [6.07, 6.45) is -0.132. The molecule has 5 nitrogen and oxygen atoms in total. The van der Waals surface area contributed by atoms with Gasteiger partial charge in [-0.25, -0.2) is 0 Å². The molecule has 0 amide bonds. The van der Waals surface area contributed by atoms with Crippen LogP contribution in [0.3, 0.4) is 0 Å². The van der Waals surface area contributed by atoms with E-state index in [0.29, 0.717) is 16.9 Å². The molecule has 0 saturated carbocycles. The topological polar surface area (TPSA) is 87.4 Å². The Labute approximate surface area is 107 Å². The first-order chi connectivity index (χ1) is 8.56. The number of nitrogens with zero attached hydrogens (tertiary/aromatic N) is 1. The van der Waals surface area contributed by atoms with Crippen molar-refractivity contribution in [3.05, 3.63) is 29.3 Å². The quantitative estimate of drug-likeness (QED) is 0.839. The van der Waals surface area contributed by atoms with Crippen LogP contribution in [0.4, 0.5) is 0 Å². The summed E-state index contributed by atoms with van der Waals surface area (Å²) in [7, 11) is 0.207. The van der Waals surface area contributed by atoms with Crippen LogP contribution < -0.4 is 4.74 Å². The van der Waals surface area contributed by atoms with Crippen molar-refractivity contribution in [3.8, 4) is 11.8 Å². The van der Waals surface area contributed by atoms with E-state index < -0.39 is 16.8 Å². The number of carboxylic acids is 1. The van der Waals surface area contributed by atoms with Gasteiger partial charge in [-0.05, 0) is 18.2 Å². The number of rotatable bonds is 6. The van der Waals surface area contributed by atoms with E-state index in [1.165, 1.54) is 7.11 Å². The highest BCUT2D eigenvalue weighted by Crippen LogP contribution is 2.21. The molecule has 96 valence electrons. The van der Waals surface area contributed by atoms with E-state index in [4.69, 9.17) is 15.1 Å². The Balaban J connectivity index is 2.79. The predicted molar refractivity (Wildman–Crippen MR) is 66.7 cm³/mol. The minimum absolute atomic E-state index is 0.0925. The van der Waals surface area contributed by atoms with Crippen molar-refractivity contribution >= 4 is 16.8 Å². The Hall–Kier alpha value is -1.87. The molecule has 0 spiro atoms. The van der Waals surface area contributed by atoms with Gasteiger partial charge in [0.15, 0.2) is 0 Å². The van der Waals surface area contributed by atoms with Crippen LogP contribution in [0, 0.1) is 11.3 Å². The van der Waals surface area contributed by atoms with Crippen molar-refractivity contribution in [2.75, 3.05) is 12.9 Å². The zero-order valence-electron chi connectivity index (χ0n) is 9.88. The van der Waals surface area contributed by atoms with Crippen LogP contribution >= 0.6 is 0 Å². The molecule has 18 heavy (non-hydrogen) atoms. The maximum absolute atomic E-state index is 11.7. The summed E-state index contributed by atoms with van der Waals surface area (Å²) >= 11 is 0. The zero-order valence-corrected chi connectivity index (χ0v) is 10.7. The zero-order chi connectivity index (χ0) is 13.5. The van der Waals surface area contributed by atoms with E-state index in [1.807, 2.05) is 6.07 Å². The Bertz CT molecular complexity index is 507. The van der Waals surface area contributed by atoms with E-state index in [2.05, 4.69) is 0 Å². The van der Waals surface area contributed by atoms with Crippen molar-refractivity contribution in [1.82, 2.24) is 0 Å². The number of ether oxygens (including phenoxy) is 1. The van der Waals surface area contributed by atoms with Crippen LogP contribution in [-0.4, -0.2) is 28.1 Å². The molecule has 0 saturated heterocycles. The summed E-state index contributed by atoms with van der Waals surface area (Å²) in [5.41, 5.74) is 1.11. The highest BCUT2D eigenvalue weighted by Gasteiger charge is 2.10. The van der Waals surface area contributed by atoms with Gasteiger partial charge in [0.1, 0.15) is 5.75 Å². The van der Waals surface area contributed by atoms with Crippen LogP contribution in [0.2, 0.25) is 0 Å². The minimum Gasteiger partial charge on any atom is -0.496 e. The SMILES string of the molecule is COc1ccc(C#N)cc1CS(=O)CCC(=O)O. The summed E-state index contributed by atoms with van der Waals surface area (Å²) in [4.78, 5) is 10.4. The Morgan fingerprint density at radius 1 is 1.56 bits per heavy atom. The lowest BCUT2D eigenvalue weighted by molar-refractivity contribution is -0.136. The van der Waals surface area contributed by atoms with Gasteiger partial charge >= 0.3 is 5.97 Å². The molecule has 0 fully saturated rings. The van der Waals surface area contributed by atoms with Gasteiger partial charge in [0, 0.05) is 22.1 Å². The first-order valence-corrected chi connectivity index (χ1v) is 6.69. The number of aliphatic carboxylic acids is 1. The van der Waals surface area contributed by atoms with E-state index in [-0.39, 0.29) is 17.9 Å². The lowest BCUT2D eigenvalue weighted by Crippen LogP contribution is -2.07. The van der Waals surface area contributed by atoms with Gasteiger partial charge in [0.25, 0.3) is 0 Å². The second-order valence-electron chi connectivity index (χ2n) is 3.57. The third-order valence-electron chi connectivity index (χ3n) is 2.27. The fourth-order valence-corrected chi connectivity index (χ4v) is 2.53. The molecule has 1 aromatic carbocycles. The molecule has 0 aromatic heterocycles. The molecule has 0 bridgehead atoms. The summed E-state index contributed by atoms with van der Waals surface area (Å²) in [6, 6.07) is 6.86. The number of hydrogen-bond donors (Lipinski definition) is 1. The van der Waals surface area contributed by atoms with E-state index in [9.17, 15) is 9.00 Å². The van der Waals surface area contributed by atoms with E-state index >= 15 is 0 Å². The Morgan fingerprint density at radius 2 is 2.28 bits per heavy atom. The Morgan fingerprint density at radius 3 is 2.83 bits per heavy atom. The van der Waals surface area contributed by atoms with Crippen molar-refractivity contribution < 1.29 is 18.8 Å². The van der Waals surface area contributed by atoms with Gasteiger partial charge in [-0.1, -0.05) is 0 Å². The van der Waals surface area contributed by atoms with Crippen LogP contribution in [0.25, 0.3) is 0 Å². The third-order valence-corrected chi connectivity index (χ3v) is 3.56. The first-order valence-electron chi connectivity index (χ1n) is 5.20. The predicted octanol–water partition coefficient (Wildman–Crippen LogP) is 1.29. The molecular weight excluding hydrogens is 254 g/mol. The van der Waals surface area contributed by atoms with Gasteiger partial charge in [0.2, 0.25) is 0 Å². The van der Waals surface area contributed by atoms with E-state index in [0.717, 1.165) is 0 Å². The highest BCUT2D eigenvalue weighted by molar-refractivity contribution is 7.84. The van der Waals surface area contributed by atoms with Crippen molar-refractivity contribution in [1.29, 1.82) is 5.26 Å². The van der Waals surface area contributed by atoms with Crippen molar-refractivity contribution in [2.45, 2.75) is 12.2 Å². The fraction of sp³-hybridized carbons (Fsp3) is 0.333. The van der Waals surface area contributed by atoms with Gasteiger partial charge in [-0.15, -0.1) is 0 Å². The molecular formula is C12H13NO4S. The highest BCUT2D eigenvalue weighted by atomic mass is 32.2. The number of methoxy groups -OCH3 is 1. The number of benzene rings is 1. The summed E-state index contributed by atoms with van der Waals surface area (Å²) in [6.45, 7) is 0. The molecule has 0 heterocycles. The maximum atomic E-state index is 11.7. The van der Waals surface area contributed by atoms with Gasteiger partial charge in [0.05, 0.1) is 30.9 Å². The average molecular weight is 267 g/mol. The smallest absolute Gasteiger partial charge is 0.304 e. The minimum atomic E-state index is -1.28. The monoisotopic (exact) mass is 267 g/mol. The number of hydrogen-bond acceptors (Lipinski definition) is 4. The van der Waals surface area contributed by atoms with Crippen molar-refractivity contribution in [2.24, 2.45) is 0 Å². The van der Waals surface area contributed by atoms with Crippen LogP contribution in [0.1, 0.15) is 17.5 Å². The molecule has 0 aliphatic carbocycles. The fourth-order valence-electron chi connectivity index (χ4n) is 1.41. The molecule has 1 unspecified atom stereocenters. The molecule has 1 aromatic rings. The summed E-state index contributed by atoms with van der Waals surface area (Å²) in [5, 5.41) is 17.3. The number of nitriles is 1. The number of carbonyl (C=O) groups is 1. The van der Waals surface area contributed by atoms with Crippen LogP contribution in [0.15, 0.2) is 18.2 Å². The van der Waals surface area contributed by atoms with Crippen LogP contribution in [-0.2, 0) is 21.3 Å². The molecule has 1 N–H and O–H groups in total.